The fourth-order valence-electron chi connectivity index (χ4n) is 4.57. The number of carbonyl (C=O) groups excluding carboxylic acids is 1. The van der Waals surface area contributed by atoms with Crippen molar-refractivity contribution in [2.75, 3.05) is 4.90 Å². The molecule has 2 heteroatoms. The maximum Gasteiger partial charge on any atom is 0.227 e. The summed E-state index contributed by atoms with van der Waals surface area (Å²) in [7, 11) is 0. The number of benzene rings is 2. The van der Waals surface area contributed by atoms with E-state index in [9.17, 15) is 4.79 Å². The molecule has 2 nitrogen and oxygen atoms in total. The van der Waals surface area contributed by atoms with E-state index in [4.69, 9.17) is 0 Å². The smallest absolute Gasteiger partial charge is 0.227 e. The third kappa shape index (κ3) is 2.88. The summed E-state index contributed by atoms with van der Waals surface area (Å²) in [6, 6.07) is 17.3. The Bertz CT molecular complexity index is 781. The van der Waals surface area contributed by atoms with E-state index in [1.807, 2.05) is 4.90 Å². The van der Waals surface area contributed by atoms with Crippen LogP contribution in [-0.2, 0) is 11.3 Å². The SMILES string of the molecule is CCCCCC(=O)N1Cc2ccccc2C2C(C)[C@H]2c2ccccc21. The topological polar surface area (TPSA) is 20.3 Å². The molecule has 2 aliphatic rings. The van der Waals surface area contributed by atoms with E-state index in [1.54, 1.807) is 0 Å². The molecule has 2 unspecified atom stereocenters. The molecule has 0 N–H and O–H groups in total. The highest BCUT2D eigenvalue weighted by Crippen LogP contribution is 2.63. The van der Waals surface area contributed by atoms with Gasteiger partial charge >= 0.3 is 0 Å². The monoisotopic (exact) mass is 333 g/mol. The van der Waals surface area contributed by atoms with Gasteiger partial charge < -0.3 is 4.90 Å². The zero-order chi connectivity index (χ0) is 17.4. The van der Waals surface area contributed by atoms with Crippen molar-refractivity contribution in [1.29, 1.82) is 0 Å². The zero-order valence-electron chi connectivity index (χ0n) is 15.2. The van der Waals surface area contributed by atoms with E-state index >= 15 is 0 Å². The Morgan fingerprint density at radius 1 is 1.00 bits per heavy atom. The first-order valence-corrected chi connectivity index (χ1v) is 9.69. The first-order chi connectivity index (χ1) is 12.2. The van der Waals surface area contributed by atoms with Crippen molar-refractivity contribution in [1.82, 2.24) is 0 Å². The fourth-order valence-corrected chi connectivity index (χ4v) is 4.57. The second kappa shape index (κ2) is 6.67. The number of hydrogen-bond acceptors (Lipinski definition) is 1. The van der Waals surface area contributed by atoms with E-state index in [2.05, 4.69) is 62.4 Å². The van der Waals surface area contributed by atoms with Gasteiger partial charge in [-0.1, -0.05) is 69.2 Å². The van der Waals surface area contributed by atoms with Crippen LogP contribution in [0, 0.1) is 5.92 Å². The third-order valence-corrected chi connectivity index (χ3v) is 6.00. The number of anilines is 1. The van der Waals surface area contributed by atoms with E-state index < -0.39 is 0 Å². The standard InChI is InChI=1S/C23H27NO/c1-3-4-5-14-21(25)24-15-17-10-6-7-11-18(17)22-16(2)23(22)19-12-8-9-13-20(19)24/h6-13,16,22-23H,3-5,14-15H2,1-2H3/t16?,22?,23-/m0/s1. The molecule has 1 amide bonds. The predicted octanol–water partition coefficient (Wildman–Crippen LogP) is 5.63. The van der Waals surface area contributed by atoms with Gasteiger partial charge in [0.15, 0.2) is 0 Å². The quantitative estimate of drug-likeness (QED) is 0.664. The minimum Gasteiger partial charge on any atom is -0.308 e. The maximum absolute atomic E-state index is 13.0. The van der Waals surface area contributed by atoms with Crippen LogP contribution in [0.4, 0.5) is 5.69 Å². The van der Waals surface area contributed by atoms with Crippen LogP contribution >= 0.6 is 0 Å². The van der Waals surface area contributed by atoms with Gasteiger partial charge in [0.25, 0.3) is 0 Å². The maximum atomic E-state index is 13.0. The molecule has 1 saturated carbocycles. The molecule has 2 aromatic rings. The Morgan fingerprint density at radius 2 is 1.68 bits per heavy atom. The Hall–Kier alpha value is -2.09. The highest BCUT2D eigenvalue weighted by molar-refractivity contribution is 5.94. The van der Waals surface area contributed by atoms with Gasteiger partial charge in [0.2, 0.25) is 5.91 Å². The van der Waals surface area contributed by atoms with Crippen molar-refractivity contribution < 1.29 is 4.79 Å². The van der Waals surface area contributed by atoms with Crippen molar-refractivity contribution in [3.8, 4) is 0 Å². The Labute approximate surface area is 150 Å². The average molecular weight is 333 g/mol. The van der Waals surface area contributed by atoms with Crippen LogP contribution in [0.25, 0.3) is 0 Å². The molecule has 130 valence electrons. The lowest BCUT2D eigenvalue weighted by Crippen LogP contribution is -2.32. The first-order valence-electron chi connectivity index (χ1n) is 9.69. The average Bonchev–Trinajstić information content (AvgIpc) is 3.28. The van der Waals surface area contributed by atoms with Crippen molar-refractivity contribution in [2.45, 2.75) is 57.9 Å². The lowest BCUT2D eigenvalue weighted by molar-refractivity contribution is -0.118. The van der Waals surface area contributed by atoms with Crippen LogP contribution < -0.4 is 4.90 Å². The number of amides is 1. The van der Waals surface area contributed by atoms with E-state index in [0.29, 0.717) is 30.7 Å². The summed E-state index contributed by atoms with van der Waals surface area (Å²) in [4.78, 5) is 15.1. The summed E-state index contributed by atoms with van der Waals surface area (Å²) in [5.41, 5.74) is 5.26. The molecule has 3 atom stereocenters. The van der Waals surface area contributed by atoms with Gasteiger partial charge in [-0.15, -0.1) is 0 Å². The lowest BCUT2D eigenvalue weighted by Gasteiger charge is -2.28. The summed E-state index contributed by atoms with van der Waals surface area (Å²) in [6.45, 7) is 5.23. The number of fused-ring (bicyclic) bond motifs is 5. The van der Waals surface area contributed by atoms with Gasteiger partial charge in [-0.25, -0.2) is 0 Å². The number of rotatable bonds is 4. The molecular weight excluding hydrogens is 306 g/mol. The van der Waals surface area contributed by atoms with Crippen molar-refractivity contribution in [3.63, 3.8) is 0 Å². The van der Waals surface area contributed by atoms with Gasteiger partial charge in [-0.05, 0) is 46.9 Å². The summed E-state index contributed by atoms with van der Waals surface area (Å²) >= 11 is 0. The van der Waals surface area contributed by atoms with Gasteiger partial charge in [-0.3, -0.25) is 4.79 Å². The number of carbonyl (C=O) groups is 1. The summed E-state index contributed by atoms with van der Waals surface area (Å²) < 4.78 is 0. The molecule has 0 spiro atoms. The number of para-hydroxylation sites is 1. The van der Waals surface area contributed by atoms with Crippen LogP contribution in [0.15, 0.2) is 48.5 Å². The van der Waals surface area contributed by atoms with Crippen LogP contribution in [0.2, 0.25) is 0 Å². The third-order valence-electron chi connectivity index (χ3n) is 6.00. The molecule has 1 aliphatic carbocycles. The molecule has 0 radical (unpaired) electrons. The first kappa shape index (κ1) is 16.4. The highest BCUT2D eigenvalue weighted by atomic mass is 16.2. The van der Waals surface area contributed by atoms with E-state index in [-0.39, 0.29) is 5.91 Å². The van der Waals surface area contributed by atoms with Crippen molar-refractivity contribution >= 4 is 11.6 Å². The van der Waals surface area contributed by atoms with E-state index in [1.165, 1.54) is 16.7 Å². The molecule has 0 aromatic heterocycles. The Balaban J connectivity index is 1.74. The second-order valence-electron chi connectivity index (χ2n) is 7.61. The van der Waals surface area contributed by atoms with E-state index in [0.717, 1.165) is 24.9 Å². The summed E-state index contributed by atoms with van der Waals surface area (Å²) in [6.07, 6.45) is 3.90. The van der Waals surface area contributed by atoms with Crippen LogP contribution in [-0.4, -0.2) is 5.91 Å². The highest BCUT2D eigenvalue weighted by Gasteiger charge is 2.51. The largest absolute Gasteiger partial charge is 0.308 e. The predicted molar refractivity (Wildman–Crippen MR) is 103 cm³/mol. The van der Waals surface area contributed by atoms with Crippen molar-refractivity contribution in [3.05, 3.63) is 65.2 Å². The molecule has 1 aliphatic heterocycles. The Kier molecular flexibility index (Phi) is 4.37. The van der Waals surface area contributed by atoms with Crippen LogP contribution in [0.3, 0.4) is 0 Å². The molecule has 2 aromatic carbocycles. The fraction of sp³-hybridized carbons (Fsp3) is 0.435. The zero-order valence-corrected chi connectivity index (χ0v) is 15.2. The molecule has 1 heterocycles. The minimum atomic E-state index is 0.266. The van der Waals surface area contributed by atoms with Crippen molar-refractivity contribution in [2.24, 2.45) is 5.92 Å². The summed E-state index contributed by atoms with van der Waals surface area (Å²) in [5.74, 6) is 2.07. The Morgan fingerprint density at radius 3 is 2.48 bits per heavy atom. The number of hydrogen-bond donors (Lipinski definition) is 0. The lowest BCUT2D eigenvalue weighted by atomic mass is 9.95. The molecule has 0 saturated heterocycles. The van der Waals surface area contributed by atoms with Crippen LogP contribution in [0.5, 0.6) is 0 Å². The molecular formula is C23H27NO. The number of unbranched alkanes of at least 4 members (excludes halogenated alkanes) is 2. The van der Waals surface area contributed by atoms with Gasteiger partial charge in [0, 0.05) is 12.1 Å². The van der Waals surface area contributed by atoms with Crippen LogP contribution in [0.1, 0.15) is 68.1 Å². The molecule has 1 fully saturated rings. The number of nitrogens with zero attached hydrogens (tertiary/aromatic N) is 1. The second-order valence-corrected chi connectivity index (χ2v) is 7.61. The molecule has 4 rings (SSSR count). The molecule has 0 bridgehead atoms. The van der Waals surface area contributed by atoms with Gasteiger partial charge in [0.05, 0.1) is 6.54 Å². The van der Waals surface area contributed by atoms with Gasteiger partial charge in [0.1, 0.15) is 0 Å². The van der Waals surface area contributed by atoms with Gasteiger partial charge in [-0.2, -0.15) is 0 Å². The summed E-state index contributed by atoms with van der Waals surface area (Å²) in [5, 5.41) is 0. The molecule has 25 heavy (non-hydrogen) atoms. The normalized spacial score (nSPS) is 23.8. The minimum absolute atomic E-state index is 0.266.